The van der Waals surface area contributed by atoms with Crippen molar-refractivity contribution in [2.24, 2.45) is 0 Å². The zero-order valence-corrected chi connectivity index (χ0v) is 13.5. The topological polar surface area (TPSA) is 47.6 Å². The van der Waals surface area contributed by atoms with Gasteiger partial charge in [0.2, 0.25) is 0 Å². The first-order valence-corrected chi connectivity index (χ1v) is 7.20. The first-order valence-electron chi connectivity index (χ1n) is 6.83. The van der Waals surface area contributed by atoms with Gasteiger partial charge in [0, 0.05) is 16.7 Å². The average Bonchev–Trinajstić information content (AvgIpc) is 2.54. The van der Waals surface area contributed by atoms with Gasteiger partial charge in [-0.3, -0.25) is 4.79 Å². The Bertz CT molecular complexity index is 633. The molecule has 0 spiro atoms. The molecule has 2 aromatic rings. The summed E-state index contributed by atoms with van der Waals surface area (Å²) in [4.78, 5) is 12.4. The van der Waals surface area contributed by atoms with Gasteiger partial charge in [-0.2, -0.15) is 0 Å². The molecule has 5 heteroatoms. The zero-order chi connectivity index (χ0) is 16.1. The number of carbonyl (C=O) groups excluding carboxylic acids is 1. The molecular weight excluding hydrogens is 302 g/mol. The number of rotatable bonds is 5. The monoisotopic (exact) mass is 319 g/mol. The minimum absolute atomic E-state index is 0.137. The molecule has 0 radical (unpaired) electrons. The fourth-order valence-electron chi connectivity index (χ4n) is 2.05. The summed E-state index contributed by atoms with van der Waals surface area (Å²) < 4.78 is 10.4. The van der Waals surface area contributed by atoms with Gasteiger partial charge in [-0.05, 0) is 36.8 Å². The molecule has 0 unspecified atom stereocenters. The fraction of sp³-hybridized carbons (Fsp3) is 0.235. The van der Waals surface area contributed by atoms with E-state index >= 15 is 0 Å². The van der Waals surface area contributed by atoms with Gasteiger partial charge < -0.3 is 14.8 Å². The van der Waals surface area contributed by atoms with E-state index in [0.29, 0.717) is 22.1 Å². The molecule has 2 rings (SSSR count). The van der Waals surface area contributed by atoms with Crippen molar-refractivity contribution in [3.05, 3.63) is 58.6 Å². The van der Waals surface area contributed by atoms with Crippen molar-refractivity contribution < 1.29 is 14.3 Å². The molecule has 0 aliphatic carbocycles. The van der Waals surface area contributed by atoms with Crippen LogP contribution in [0.5, 0.6) is 11.5 Å². The lowest BCUT2D eigenvalue weighted by Gasteiger charge is -2.15. The molecule has 2 aromatic carbocycles. The van der Waals surface area contributed by atoms with Crippen LogP contribution in [0.4, 0.5) is 0 Å². The highest BCUT2D eigenvalue weighted by atomic mass is 35.5. The van der Waals surface area contributed by atoms with Crippen LogP contribution in [0, 0.1) is 0 Å². The number of hydrogen-bond acceptors (Lipinski definition) is 3. The third-order valence-corrected chi connectivity index (χ3v) is 3.58. The Labute approximate surface area is 135 Å². The molecule has 4 nitrogen and oxygen atoms in total. The van der Waals surface area contributed by atoms with Gasteiger partial charge in [0.25, 0.3) is 5.91 Å². The van der Waals surface area contributed by atoms with E-state index < -0.39 is 0 Å². The maximum atomic E-state index is 12.4. The molecule has 0 aliphatic rings. The van der Waals surface area contributed by atoms with E-state index in [0.717, 1.165) is 5.56 Å². The number of methoxy groups -OCH3 is 2. The zero-order valence-electron chi connectivity index (χ0n) is 12.7. The number of hydrogen-bond donors (Lipinski definition) is 1. The Balaban J connectivity index is 2.16. The standard InChI is InChI=1S/C17H18ClNO3/c1-11(12-4-6-14(18)7-5-12)19-17(20)13-8-15(21-2)10-16(9-13)22-3/h4-11H,1-3H3,(H,19,20)/t11-/m0/s1. The van der Waals surface area contributed by atoms with Crippen molar-refractivity contribution >= 4 is 17.5 Å². The number of carbonyl (C=O) groups is 1. The Hall–Kier alpha value is -2.20. The predicted molar refractivity (Wildman–Crippen MR) is 86.9 cm³/mol. The largest absolute Gasteiger partial charge is 0.497 e. The summed E-state index contributed by atoms with van der Waals surface area (Å²) in [5.41, 5.74) is 1.46. The third-order valence-electron chi connectivity index (χ3n) is 3.33. The number of nitrogens with one attached hydrogen (secondary N) is 1. The maximum Gasteiger partial charge on any atom is 0.252 e. The summed E-state index contributed by atoms with van der Waals surface area (Å²) in [6.45, 7) is 1.92. The second kappa shape index (κ2) is 7.18. The molecule has 1 atom stereocenters. The van der Waals surface area contributed by atoms with Gasteiger partial charge in [0.15, 0.2) is 0 Å². The minimum atomic E-state index is -0.195. The van der Waals surface area contributed by atoms with E-state index in [2.05, 4.69) is 5.32 Å². The molecular formula is C17H18ClNO3. The lowest BCUT2D eigenvalue weighted by molar-refractivity contribution is 0.0939. The molecule has 0 saturated carbocycles. The second-order valence-electron chi connectivity index (χ2n) is 4.85. The van der Waals surface area contributed by atoms with E-state index in [9.17, 15) is 4.79 Å². The first kappa shape index (κ1) is 16.2. The molecule has 116 valence electrons. The minimum Gasteiger partial charge on any atom is -0.497 e. The highest BCUT2D eigenvalue weighted by Crippen LogP contribution is 2.23. The molecule has 22 heavy (non-hydrogen) atoms. The van der Waals surface area contributed by atoms with Crippen molar-refractivity contribution in [1.29, 1.82) is 0 Å². The van der Waals surface area contributed by atoms with Gasteiger partial charge in [-0.25, -0.2) is 0 Å². The molecule has 0 aromatic heterocycles. The molecule has 1 N–H and O–H groups in total. The van der Waals surface area contributed by atoms with Crippen LogP contribution in [-0.4, -0.2) is 20.1 Å². The summed E-state index contributed by atoms with van der Waals surface area (Å²) in [7, 11) is 3.10. The molecule has 0 fully saturated rings. The normalized spacial score (nSPS) is 11.6. The Morgan fingerprint density at radius 1 is 1.05 bits per heavy atom. The van der Waals surface area contributed by atoms with Gasteiger partial charge >= 0.3 is 0 Å². The summed E-state index contributed by atoms with van der Waals surface area (Å²) in [6.07, 6.45) is 0. The van der Waals surface area contributed by atoms with Gasteiger partial charge in [0.05, 0.1) is 20.3 Å². The Kier molecular flexibility index (Phi) is 5.28. The van der Waals surface area contributed by atoms with E-state index in [4.69, 9.17) is 21.1 Å². The van der Waals surface area contributed by atoms with Crippen LogP contribution in [0.25, 0.3) is 0 Å². The van der Waals surface area contributed by atoms with E-state index in [1.165, 1.54) is 0 Å². The van der Waals surface area contributed by atoms with E-state index in [1.807, 2.05) is 19.1 Å². The summed E-state index contributed by atoms with van der Waals surface area (Å²) in [5, 5.41) is 3.61. The van der Waals surface area contributed by atoms with Crippen LogP contribution in [0.15, 0.2) is 42.5 Å². The predicted octanol–water partition coefficient (Wildman–Crippen LogP) is 3.85. The molecule has 1 amide bonds. The summed E-state index contributed by atoms with van der Waals surface area (Å²) in [6, 6.07) is 12.3. The summed E-state index contributed by atoms with van der Waals surface area (Å²) >= 11 is 5.87. The van der Waals surface area contributed by atoms with Crippen molar-refractivity contribution in [3.63, 3.8) is 0 Å². The van der Waals surface area contributed by atoms with E-state index in [-0.39, 0.29) is 11.9 Å². The number of ether oxygens (including phenoxy) is 2. The summed E-state index contributed by atoms with van der Waals surface area (Å²) in [5.74, 6) is 0.951. The van der Waals surface area contributed by atoms with Gasteiger partial charge in [-0.1, -0.05) is 23.7 Å². The molecule has 0 heterocycles. The van der Waals surface area contributed by atoms with Crippen LogP contribution in [0.2, 0.25) is 5.02 Å². The van der Waals surface area contributed by atoms with E-state index in [1.54, 1.807) is 44.6 Å². The van der Waals surface area contributed by atoms with Crippen molar-refractivity contribution in [3.8, 4) is 11.5 Å². The van der Waals surface area contributed by atoms with Crippen molar-refractivity contribution in [2.45, 2.75) is 13.0 Å². The number of amides is 1. The smallest absolute Gasteiger partial charge is 0.252 e. The van der Waals surface area contributed by atoms with Crippen LogP contribution in [0.3, 0.4) is 0 Å². The fourth-order valence-corrected chi connectivity index (χ4v) is 2.18. The third kappa shape index (κ3) is 3.92. The van der Waals surface area contributed by atoms with Crippen LogP contribution in [0.1, 0.15) is 28.9 Å². The SMILES string of the molecule is COc1cc(OC)cc(C(=O)N[C@@H](C)c2ccc(Cl)cc2)c1. The van der Waals surface area contributed by atoms with Gasteiger partial charge in [0.1, 0.15) is 11.5 Å². The van der Waals surface area contributed by atoms with Crippen LogP contribution >= 0.6 is 11.6 Å². The Morgan fingerprint density at radius 2 is 1.59 bits per heavy atom. The lowest BCUT2D eigenvalue weighted by atomic mass is 10.1. The molecule has 0 saturated heterocycles. The molecule has 0 bridgehead atoms. The highest BCUT2D eigenvalue weighted by Gasteiger charge is 2.13. The van der Waals surface area contributed by atoms with Crippen molar-refractivity contribution in [2.75, 3.05) is 14.2 Å². The highest BCUT2D eigenvalue weighted by molar-refractivity contribution is 6.30. The van der Waals surface area contributed by atoms with Crippen molar-refractivity contribution in [1.82, 2.24) is 5.32 Å². The first-order chi connectivity index (χ1) is 10.5. The lowest BCUT2D eigenvalue weighted by Crippen LogP contribution is -2.26. The Morgan fingerprint density at radius 3 is 2.09 bits per heavy atom. The average molecular weight is 320 g/mol. The number of halogens is 1. The maximum absolute atomic E-state index is 12.4. The van der Waals surface area contributed by atoms with Gasteiger partial charge in [-0.15, -0.1) is 0 Å². The number of benzene rings is 2. The second-order valence-corrected chi connectivity index (χ2v) is 5.28. The van der Waals surface area contributed by atoms with Crippen LogP contribution < -0.4 is 14.8 Å². The van der Waals surface area contributed by atoms with Crippen LogP contribution in [-0.2, 0) is 0 Å². The molecule has 0 aliphatic heterocycles. The quantitative estimate of drug-likeness (QED) is 0.910.